The Labute approximate surface area is 121 Å². The van der Waals surface area contributed by atoms with E-state index < -0.39 is 6.10 Å². The summed E-state index contributed by atoms with van der Waals surface area (Å²) in [5.41, 5.74) is 2.51. The summed E-state index contributed by atoms with van der Waals surface area (Å²) in [6.45, 7) is 1.96. The molecule has 0 spiro atoms. The van der Waals surface area contributed by atoms with E-state index >= 15 is 0 Å². The molecule has 1 aliphatic rings. The number of fused-ring (bicyclic) bond motifs is 1. The fourth-order valence-corrected chi connectivity index (χ4v) is 2.84. The Balaban J connectivity index is 1.97. The molecular formula is C16H14ClFO2. The van der Waals surface area contributed by atoms with E-state index in [-0.39, 0.29) is 11.9 Å². The molecule has 0 amide bonds. The van der Waals surface area contributed by atoms with Crippen molar-refractivity contribution in [3.63, 3.8) is 0 Å². The predicted octanol–water partition coefficient (Wildman–Crippen LogP) is 4.34. The van der Waals surface area contributed by atoms with E-state index in [0.29, 0.717) is 22.8 Å². The number of aliphatic hydroxyl groups excluding tert-OH is 1. The lowest BCUT2D eigenvalue weighted by atomic mass is 9.93. The minimum Gasteiger partial charge on any atom is -0.485 e. The van der Waals surface area contributed by atoms with Crippen LogP contribution in [0.4, 0.5) is 4.39 Å². The van der Waals surface area contributed by atoms with Crippen molar-refractivity contribution in [2.75, 3.05) is 0 Å². The minimum absolute atomic E-state index is 0.250. The van der Waals surface area contributed by atoms with Gasteiger partial charge in [0.15, 0.2) is 0 Å². The Bertz CT molecular complexity index is 657. The van der Waals surface area contributed by atoms with Crippen LogP contribution in [-0.4, -0.2) is 5.11 Å². The molecule has 0 aliphatic carbocycles. The highest BCUT2D eigenvalue weighted by Crippen LogP contribution is 2.41. The number of hydrogen-bond donors (Lipinski definition) is 1. The number of hydrogen-bond acceptors (Lipinski definition) is 2. The van der Waals surface area contributed by atoms with Crippen LogP contribution in [0, 0.1) is 12.7 Å². The number of aliphatic hydroxyl groups is 1. The third-order valence-corrected chi connectivity index (χ3v) is 3.85. The fraction of sp³-hybridized carbons (Fsp3) is 0.250. The highest BCUT2D eigenvalue weighted by molar-refractivity contribution is 6.30. The maximum Gasteiger partial charge on any atom is 0.127 e. The van der Waals surface area contributed by atoms with Crippen molar-refractivity contribution in [2.45, 2.75) is 25.6 Å². The highest BCUT2D eigenvalue weighted by atomic mass is 35.5. The van der Waals surface area contributed by atoms with Crippen molar-refractivity contribution < 1.29 is 14.2 Å². The van der Waals surface area contributed by atoms with Crippen molar-refractivity contribution in [2.24, 2.45) is 0 Å². The van der Waals surface area contributed by atoms with Gasteiger partial charge in [-0.25, -0.2) is 4.39 Å². The second-order valence-electron chi connectivity index (χ2n) is 5.04. The van der Waals surface area contributed by atoms with E-state index in [2.05, 4.69) is 0 Å². The first-order chi connectivity index (χ1) is 9.54. The van der Waals surface area contributed by atoms with Gasteiger partial charge in [0, 0.05) is 17.0 Å². The fourth-order valence-electron chi connectivity index (χ4n) is 2.61. The Morgan fingerprint density at radius 2 is 2.00 bits per heavy atom. The van der Waals surface area contributed by atoms with E-state index in [0.717, 1.165) is 11.1 Å². The van der Waals surface area contributed by atoms with Gasteiger partial charge in [-0.2, -0.15) is 0 Å². The van der Waals surface area contributed by atoms with Crippen molar-refractivity contribution in [3.8, 4) is 5.75 Å². The molecule has 0 saturated carbocycles. The largest absolute Gasteiger partial charge is 0.485 e. The van der Waals surface area contributed by atoms with Crippen LogP contribution in [-0.2, 0) is 0 Å². The van der Waals surface area contributed by atoms with Crippen LogP contribution in [0.2, 0.25) is 5.02 Å². The minimum atomic E-state index is -0.727. The average Bonchev–Trinajstić information content (AvgIpc) is 2.39. The van der Waals surface area contributed by atoms with Gasteiger partial charge in [0.25, 0.3) is 0 Å². The van der Waals surface area contributed by atoms with Crippen LogP contribution >= 0.6 is 11.6 Å². The van der Waals surface area contributed by atoms with Gasteiger partial charge in [-0.05, 0) is 48.4 Å². The molecule has 2 aromatic carbocycles. The van der Waals surface area contributed by atoms with Crippen LogP contribution in [0.1, 0.15) is 35.3 Å². The van der Waals surface area contributed by atoms with Crippen molar-refractivity contribution in [1.82, 2.24) is 0 Å². The number of rotatable bonds is 1. The molecule has 20 heavy (non-hydrogen) atoms. The smallest absolute Gasteiger partial charge is 0.127 e. The normalized spacial score (nSPS) is 21.2. The number of halogens is 2. The molecule has 2 nitrogen and oxygen atoms in total. The molecule has 2 aromatic rings. The van der Waals surface area contributed by atoms with Gasteiger partial charge in [-0.15, -0.1) is 0 Å². The number of ether oxygens (including phenoxy) is 1. The highest BCUT2D eigenvalue weighted by Gasteiger charge is 2.29. The maximum atomic E-state index is 13.2. The molecule has 1 heterocycles. The van der Waals surface area contributed by atoms with Crippen LogP contribution in [0.3, 0.4) is 0 Å². The van der Waals surface area contributed by atoms with E-state index in [1.807, 2.05) is 19.1 Å². The Morgan fingerprint density at radius 1 is 1.20 bits per heavy atom. The molecule has 1 aliphatic heterocycles. The van der Waals surface area contributed by atoms with Gasteiger partial charge >= 0.3 is 0 Å². The quantitative estimate of drug-likeness (QED) is 0.847. The zero-order valence-corrected chi connectivity index (χ0v) is 11.7. The van der Waals surface area contributed by atoms with Gasteiger partial charge in [-0.3, -0.25) is 0 Å². The molecule has 0 bridgehead atoms. The van der Waals surface area contributed by atoms with Crippen LogP contribution < -0.4 is 4.74 Å². The van der Waals surface area contributed by atoms with E-state index in [1.54, 1.807) is 12.1 Å². The average molecular weight is 293 g/mol. The van der Waals surface area contributed by atoms with Gasteiger partial charge in [-0.1, -0.05) is 17.7 Å². The summed E-state index contributed by atoms with van der Waals surface area (Å²) in [4.78, 5) is 0. The van der Waals surface area contributed by atoms with Crippen LogP contribution in [0.25, 0.3) is 0 Å². The van der Waals surface area contributed by atoms with Crippen molar-refractivity contribution in [3.05, 3.63) is 63.9 Å². The first kappa shape index (κ1) is 13.4. The third-order valence-electron chi connectivity index (χ3n) is 3.62. The molecular weight excluding hydrogens is 279 g/mol. The summed E-state index contributed by atoms with van der Waals surface area (Å²) >= 11 is 5.95. The standard InChI is InChI=1S/C16H14ClFO2/c1-9-6-10(17)2-4-12(9)16-8-14(19)13-7-11(18)3-5-15(13)20-16/h2-7,14,16,19H,8H2,1H3/t14-,16?/m1/s1. The zero-order valence-electron chi connectivity index (χ0n) is 10.9. The summed E-state index contributed by atoms with van der Waals surface area (Å²) in [7, 11) is 0. The van der Waals surface area contributed by atoms with Gasteiger partial charge < -0.3 is 9.84 Å². The molecule has 0 aromatic heterocycles. The van der Waals surface area contributed by atoms with Crippen LogP contribution in [0.5, 0.6) is 5.75 Å². The topological polar surface area (TPSA) is 29.5 Å². The summed E-state index contributed by atoms with van der Waals surface area (Å²) in [6, 6.07) is 9.80. The monoisotopic (exact) mass is 292 g/mol. The van der Waals surface area contributed by atoms with E-state index in [1.165, 1.54) is 12.1 Å². The summed E-state index contributed by atoms with van der Waals surface area (Å²) < 4.78 is 19.1. The molecule has 0 fully saturated rings. The summed E-state index contributed by atoms with van der Waals surface area (Å²) in [6.07, 6.45) is -0.575. The first-order valence-electron chi connectivity index (χ1n) is 6.45. The molecule has 4 heteroatoms. The Morgan fingerprint density at radius 3 is 2.75 bits per heavy atom. The Hall–Kier alpha value is -1.58. The summed E-state index contributed by atoms with van der Waals surface area (Å²) in [5.74, 6) is 0.164. The lowest BCUT2D eigenvalue weighted by molar-refractivity contribution is 0.0650. The SMILES string of the molecule is Cc1cc(Cl)ccc1C1C[C@@H](O)c2cc(F)ccc2O1. The number of benzene rings is 2. The number of aryl methyl sites for hydroxylation is 1. The van der Waals surface area contributed by atoms with E-state index in [4.69, 9.17) is 16.3 Å². The molecule has 2 atom stereocenters. The zero-order chi connectivity index (χ0) is 14.3. The predicted molar refractivity (Wildman–Crippen MR) is 75.5 cm³/mol. The van der Waals surface area contributed by atoms with Gasteiger partial charge in [0.05, 0.1) is 6.10 Å². The van der Waals surface area contributed by atoms with Crippen molar-refractivity contribution in [1.29, 1.82) is 0 Å². The molecule has 1 N–H and O–H groups in total. The summed E-state index contributed by atoms with van der Waals surface area (Å²) in [5, 5.41) is 10.9. The lowest BCUT2D eigenvalue weighted by Gasteiger charge is -2.30. The van der Waals surface area contributed by atoms with Crippen LogP contribution in [0.15, 0.2) is 36.4 Å². The van der Waals surface area contributed by atoms with Gasteiger partial charge in [0.1, 0.15) is 17.7 Å². The van der Waals surface area contributed by atoms with Crippen molar-refractivity contribution >= 4 is 11.6 Å². The molecule has 1 unspecified atom stereocenters. The van der Waals surface area contributed by atoms with Gasteiger partial charge in [0.2, 0.25) is 0 Å². The molecule has 104 valence electrons. The lowest BCUT2D eigenvalue weighted by Crippen LogP contribution is -2.19. The first-order valence-corrected chi connectivity index (χ1v) is 6.82. The molecule has 0 saturated heterocycles. The molecule has 3 rings (SSSR count). The van der Waals surface area contributed by atoms with E-state index in [9.17, 15) is 9.50 Å². The Kier molecular flexibility index (Phi) is 3.40. The third kappa shape index (κ3) is 2.39. The molecule has 0 radical (unpaired) electrons. The second kappa shape index (κ2) is 5.08. The second-order valence-corrected chi connectivity index (χ2v) is 5.48. The maximum absolute atomic E-state index is 13.2.